The Labute approximate surface area is 116 Å². The molecule has 1 saturated heterocycles. The van der Waals surface area contributed by atoms with Crippen LogP contribution in [-0.4, -0.2) is 35.1 Å². The minimum Gasteiger partial charge on any atom is -0.391 e. The van der Waals surface area contributed by atoms with Crippen LogP contribution >= 0.6 is 38.5 Å². The first-order chi connectivity index (χ1) is 7.58. The highest BCUT2D eigenvalue weighted by Crippen LogP contribution is 2.22. The Kier molecular flexibility index (Phi) is 3.86. The van der Waals surface area contributed by atoms with E-state index in [0.717, 1.165) is 8.04 Å². The monoisotopic (exact) mass is 395 g/mol. The quantitative estimate of drug-likeness (QED) is 0.741. The Morgan fingerprint density at radius 2 is 2.31 bits per heavy atom. The summed E-state index contributed by atoms with van der Waals surface area (Å²) in [6, 6.07) is 5.68. The molecule has 3 nitrogen and oxygen atoms in total. The van der Waals surface area contributed by atoms with Crippen molar-refractivity contribution in [3.8, 4) is 0 Å². The van der Waals surface area contributed by atoms with Crippen molar-refractivity contribution >= 4 is 44.4 Å². The van der Waals surface area contributed by atoms with Gasteiger partial charge in [0.15, 0.2) is 0 Å². The normalized spacial score (nSPS) is 20.2. The van der Waals surface area contributed by atoms with E-state index in [4.69, 9.17) is 0 Å². The zero-order valence-corrected chi connectivity index (χ0v) is 12.2. The number of hydrogen-bond acceptors (Lipinski definition) is 2. The van der Waals surface area contributed by atoms with Gasteiger partial charge in [-0.25, -0.2) is 0 Å². The minimum atomic E-state index is -0.370. The molecule has 1 fully saturated rings. The number of halogens is 2. The van der Waals surface area contributed by atoms with Crippen molar-refractivity contribution in [2.75, 3.05) is 13.1 Å². The molecule has 1 N–H and O–H groups in total. The van der Waals surface area contributed by atoms with Crippen LogP contribution in [0.5, 0.6) is 0 Å². The molecule has 0 spiro atoms. The van der Waals surface area contributed by atoms with Crippen molar-refractivity contribution in [2.45, 2.75) is 12.5 Å². The van der Waals surface area contributed by atoms with Crippen LogP contribution in [0.1, 0.15) is 16.8 Å². The van der Waals surface area contributed by atoms with Gasteiger partial charge in [-0.05, 0) is 63.1 Å². The summed E-state index contributed by atoms with van der Waals surface area (Å²) < 4.78 is 1.84. The van der Waals surface area contributed by atoms with E-state index >= 15 is 0 Å². The molecule has 1 aromatic rings. The van der Waals surface area contributed by atoms with Gasteiger partial charge in [-0.3, -0.25) is 4.79 Å². The summed E-state index contributed by atoms with van der Waals surface area (Å²) in [5.41, 5.74) is 0.668. The van der Waals surface area contributed by atoms with Crippen molar-refractivity contribution in [1.82, 2.24) is 4.90 Å². The van der Waals surface area contributed by atoms with Crippen LogP contribution in [0.25, 0.3) is 0 Å². The Morgan fingerprint density at radius 1 is 1.56 bits per heavy atom. The summed E-state index contributed by atoms with van der Waals surface area (Å²) in [5.74, 6) is -0.0121. The number of nitrogens with zero attached hydrogens (tertiary/aromatic N) is 1. The van der Waals surface area contributed by atoms with Crippen LogP contribution in [0.3, 0.4) is 0 Å². The number of aliphatic hydroxyl groups excluding tert-OH is 1. The van der Waals surface area contributed by atoms with Gasteiger partial charge in [0.2, 0.25) is 0 Å². The maximum atomic E-state index is 12.1. The molecule has 1 amide bonds. The fourth-order valence-corrected chi connectivity index (χ4v) is 2.67. The molecule has 1 aliphatic heterocycles. The van der Waals surface area contributed by atoms with Gasteiger partial charge in [0.1, 0.15) is 0 Å². The molecular formula is C11H11BrINO2. The summed E-state index contributed by atoms with van der Waals surface area (Å²) in [6.45, 7) is 1.08. The van der Waals surface area contributed by atoms with Crippen LogP contribution < -0.4 is 0 Å². The molecule has 0 aromatic heterocycles. The fraction of sp³-hybridized carbons (Fsp3) is 0.364. The maximum absolute atomic E-state index is 12.1. The lowest BCUT2D eigenvalue weighted by Gasteiger charge is -2.16. The smallest absolute Gasteiger partial charge is 0.255 e. The third kappa shape index (κ3) is 2.57. The molecule has 0 bridgehead atoms. The van der Waals surface area contributed by atoms with Crippen molar-refractivity contribution in [3.05, 3.63) is 31.8 Å². The lowest BCUT2D eigenvalue weighted by atomic mass is 10.2. The number of carbonyl (C=O) groups is 1. The van der Waals surface area contributed by atoms with E-state index in [-0.39, 0.29) is 12.0 Å². The Balaban J connectivity index is 2.23. The first-order valence-electron chi connectivity index (χ1n) is 5.00. The zero-order valence-electron chi connectivity index (χ0n) is 8.49. The summed E-state index contributed by atoms with van der Waals surface area (Å²) >= 11 is 5.56. The summed E-state index contributed by atoms with van der Waals surface area (Å²) in [7, 11) is 0. The Bertz CT molecular complexity index is 424. The van der Waals surface area contributed by atoms with Gasteiger partial charge in [-0.1, -0.05) is 0 Å². The number of hydrogen-bond donors (Lipinski definition) is 1. The molecule has 1 aromatic carbocycles. The first kappa shape index (κ1) is 12.3. The molecule has 1 atom stereocenters. The average Bonchev–Trinajstić information content (AvgIpc) is 2.67. The van der Waals surface area contributed by atoms with Crippen LogP contribution in [0.4, 0.5) is 0 Å². The number of carbonyl (C=O) groups excluding carboxylic acids is 1. The summed E-state index contributed by atoms with van der Waals surface area (Å²) in [4.78, 5) is 13.8. The molecule has 16 heavy (non-hydrogen) atoms. The molecule has 0 unspecified atom stereocenters. The van der Waals surface area contributed by atoms with Gasteiger partial charge in [-0.15, -0.1) is 0 Å². The number of β-amino-alcohol motifs (C(OH)–C–C–N with tert-alkyl or cyclic N) is 1. The highest BCUT2D eigenvalue weighted by molar-refractivity contribution is 14.1. The van der Waals surface area contributed by atoms with Gasteiger partial charge in [-0.2, -0.15) is 0 Å². The number of rotatable bonds is 1. The van der Waals surface area contributed by atoms with Crippen LogP contribution in [0.2, 0.25) is 0 Å². The molecule has 0 radical (unpaired) electrons. The van der Waals surface area contributed by atoms with Gasteiger partial charge < -0.3 is 10.0 Å². The third-order valence-electron chi connectivity index (χ3n) is 2.61. The van der Waals surface area contributed by atoms with Gasteiger partial charge in [0, 0.05) is 21.1 Å². The van der Waals surface area contributed by atoms with E-state index in [0.29, 0.717) is 25.1 Å². The number of aliphatic hydroxyl groups is 1. The number of benzene rings is 1. The second kappa shape index (κ2) is 5.01. The lowest BCUT2D eigenvalue weighted by molar-refractivity contribution is 0.0764. The van der Waals surface area contributed by atoms with Gasteiger partial charge >= 0.3 is 0 Å². The molecule has 2 rings (SSSR count). The van der Waals surface area contributed by atoms with E-state index < -0.39 is 0 Å². The van der Waals surface area contributed by atoms with Crippen molar-refractivity contribution < 1.29 is 9.90 Å². The fourth-order valence-electron chi connectivity index (χ4n) is 1.76. The van der Waals surface area contributed by atoms with E-state index in [2.05, 4.69) is 38.5 Å². The molecular weight excluding hydrogens is 385 g/mol. The largest absolute Gasteiger partial charge is 0.391 e. The molecule has 1 heterocycles. The average molecular weight is 396 g/mol. The summed E-state index contributed by atoms with van der Waals surface area (Å²) in [5, 5.41) is 9.41. The molecule has 86 valence electrons. The first-order valence-corrected chi connectivity index (χ1v) is 6.87. The van der Waals surface area contributed by atoms with E-state index in [1.807, 2.05) is 18.2 Å². The predicted molar refractivity (Wildman–Crippen MR) is 73.4 cm³/mol. The van der Waals surface area contributed by atoms with E-state index in [9.17, 15) is 9.90 Å². The second-order valence-corrected chi connectivity index (χ2v) is 5.92. The van der Waals surface area contributed by atoms with Crippen LogP contribution in [-0.2, 0) is 0 Å². The van der Waals surface area contributed by atoms with Crippen LogP contribution in [0, 0.1) is 3.57 Å². The van der Waals surface area contributed by atoms with Gasteiger partial charge in [0.25, 0.3) is 5.91 Å². The van der Waals surface area contributed by atoms with Crippen LogP contribution in [0.15, 0.2) is 22.7 Å². The summed E-state index contributed by atoms with van der Waals surface area (Å²) in [6.07, 6.45) is 0.304. The maximum Gasteiger partial charge on any atom is 0.255 e. The predicted octanol–water partition coefficient (Wildman–Crippen LogP) is 2.26. The minimum absolute atomic E-state index is 0.0121. The van der Waals surface area contributed by atoms with E-state index in [1.54, 1.807) is 4.90 Å². The van der Waals surface area contributed by atoms with Crippen molar-refractivity contribution in [2.24, 2.45) is 0 Å². The number of likely N-dealkylation sites (tertiary alicyclic amines) is 1. The molecule has 5 heteroatoms. The SMILES string of the molecule is O=C(c1cc(I)ccc1Br)N1CC[C@H](O)C1. The second-order valence-electron chi connectivity index (χ2n) is 3.82. The van der Waals surface area contributed by atoms with E-state index in [1.165, 1.54) is 0 Å². The Hall–Kier alpha value is -0.140. The van der Waals surface area contributed by atoms with Crippen molar-refractivity contribution in [3.63, 3.8) is 0 Å². The standard InChI is InChI=1S/C11H11BrINO2/c12-10-2-1-7(13)5-9(10)11(16)14-4-3-8(15)6-14/h1-2,5,8,15H,3-4,6H2/t8-/m0/s1. The molecule has 1 aliphatic rings. The molecule has 0 saturated carbocycles. The highest BCUT2D eigenvalue weighted by Gasteiger charge is 2.26. The third-order valence-corrected chi connectivity index (χ3v) is 3.97. The topological polar surface area (TPSA) is 40.5 Å². The Morgan fingerprint density at radius 3 is 2.94 bits per heavy atom. The molecule has 0 aliphatic carbocycles. The van der Waals surface area contributed by atoms with Gasteiger partial charge in [0.05, 0.1) is 11.7 Å². The number of amides is 1. The van der Waals surface area contributed by atoms with Crippen molar-refractivity contribution in [1.29, 1.82) is 0 Å². The highest BCUT2D eigenvalue weighted by atomic mass is 127. The zero-order chi connectivity index (χ0) is 11.7. The lowest BCUT2D eigenvalue weighted by Crippen LogP contribution is -2.29.